The van der Waals surface area contributed by atoms with Gasteiger partial charge < -0.3 is 14.0 Å². The molecular weight excluding hydrogens is 460 g/mol. The van der Waals surface area contributed by atoms with Gasteiger partial charge in [0, 0.05) is 42.3 Å². The van der Waals surface area contributed by atoms with Crippen LogP contribution in [-0.2, 0) is 28.9 Å². The van der Waals surface area contributed by atoms with Crippen molar-refractivity contribution in [3.8, 4) is 17.0 Å². The minimum atomic E-state index is -0.370. The highest BCUT2D eigenvalue weighted by atomic mass is 16.5. The Balaban J connectivity index is 1.92. The van der Waals surface area contributed by atoms with Crippen molar-refractivity contribution in [3.63, 3.8) is 0 Å². The van der Waals surface area contributed by atoms with E-state index in [1.165, 1.54) is 46.7 Å². The third kappa shape index (κ3) is 5.77. The van der Waals surface area contributed by atoms with Crippen molar-refractivity contribution in [3.05, 3.63) is 101 Å². The number of hydrogen-bond donors (Lipinski definition) is 0. The first-order chi connectivity index (χ1) is 18.0. The third-order valence-electron chi connectivity index (χ3n) is 6.68. The maximum absolute atomic E-state index is 11.6. The predicted molar refractivity (Wildman–Crippen MR) is 150 cm³/mol. The fraction of sp³-hybridized carbons (Fsp3) is 0.312. The Kier molecular flexibility index (Phi) is 8.44. The number of nitrogens with zero attached hydrogens (tertiary/aromatic N) is 2. The van der Waals surface area contributed by atoms with Crippen LogP contribution in [0.25, 0.3) is 16.8 Å². The van der Waals surface area contributed by atoms with Crippen LogP contribution in [0.2, 0.25) is 0 Å². The fourth-order valence-electron chi connectivity index (χ4n) is 5.01. The summed E-state index contributed by atoms with van der Waals surface area (Å²) in [6.45, 7) is 9.83. The van der Waals surface area contributed by atoms with Gasteiger partial charge in [-0.3, -0.25) is 4.98 Å². The summed E-state index contributed by atoms with van der Waals surface area (Å²) in [6.07, 6.45) is 17.2. The summed E-state index contributed by atoms with van der Waals surface area (Å²) >= 11 is 0. The van der Waals surface area contributed by atoms with E-state index in [1.54, 1.807) is 12.3 Å². The first-order valence-electron chi connectivity index (χ1n) is 13.0. The highest BCUT2D eigenvalue weighted by Crippen LogP contribution is 2.43. The quantitative estimate of drug-likeness (QED) is 0.184. The van der Waals surface area contributed by atoms with Crippen LogP contribution in [-0.4, -0.2) is 29.2 Å². The van der Waals surface area contributed by atoms with E-state index < -0.39 is 0 Å². The van der Waals surface area contributed by atoms with Crippen LogP contribution in [0, 0.1) is 0 Å². The molecule has 0 saturated carbocycles. The molecule has 0 spiro atoms. The summed E-state index contributed by atoms with van der Waals surface area (Å²) < 4.78 is 13.2. The third-order valence-corrected chi connectivity index (χ3v) is 6.68. The summed E-state index contributed by atoms with van der Waals surface area (Å²) in [5.41, 5.74) is 9.75. The molecule has 0 N–H and O–H groups in total. The first-order valence-corrected chi connectivity index (χ1v) is 13.0. The molecule has 2 heterocycles. The number of methoxy groups -OCH3 is 1. The molecule has 0 bridgehead atoms. The van der Waals surface area contributed by atoms with E-state index in [4.69, 9.17) is 9.47 Å². The number of pyridine rings is 1. The molecule has 4 rings (SSSR count). The summed E-state index contributed by atoms with van der Waals surface area (Å²) in [5.74, 6) is 0.979. The Bertz CT molecular complexity index is 1340. The molecule has 192 valence electrons. The van der Waals surface area contributed by atoms with E-state index in [-0.39, 0.29) is 5.97 Å². The van der Waals surface area contributed by atoms with Crippen LogP contribution < -0.4 is 4.74 Å². The van der Waals surface area contributed by atoms with Crippen molar-refractivity contribution in [1.29, 1.82) is 0 Å². The molecule has 0 radical (unpaired) electrons. The molecule has 3 aromatic rings. The number of ether oxygens (including phenoxy) is 2. The molecule has 0 saturated heterocycles. The summed E-state index contributed by atoms with van der Waals surface area (Å²) in [4.78, 5) is 16.0. The predicted octanol–water partition coefficient (Wildman–Crippen LogP) is 6.91. The van der Waals surface area contributed by atoms with Gasteiger partial charge in [0.1, 0.15) is 5.75 Å². The minimum Gasteiger partial charge on any atom is -0.494 e. The average molecular weight is 497 g/mol. The molecule has 2 aromatic heterocycles. The zero-order valence-corrected chi connectivity index (χ0v) is 22.5. The number of carbonyl (C=O) groups excluding carboxylic acids is 1. The molecule has 37 heavy (non-hydrogen) atoms. The number of aromatic nitrogens is 2. The molecule has 0 amide bonds. The van der Waals surface area contributed by atoms with E-state index in [2.05, 4.69) is 53.9 Å². The highest BCUT2D eigenvalue weighted by molar-refractivity contribution is 5.86. The van der Waals surface area contributed by atoms with Gasteiger partial charge in [-0.25, -0.2) is 4.79 Å². The van der Waals surface area contributed by atoms with Crippen molar-refractivity contribution in [2.75, 3.05) is 13.7 Å². The highest BCUT2D eigenvalue weighted by Gasteiger charge is 2.27. The number of hydrogen-bond acceptors (Lipinski definition) is 4. The molecule has 0 unspecified atom stereocenters. The van der Waals surface area contributed by atoms with Crippen LogP contribution in [0.3, 0.4) is 0 Å². The van der Waals surface area contributed by atoms with Gasteiger partial charge in [0.05, 0.1) is 19.4 Å². The lowest BCUT2D eigenvalue weighted by Crippen LogP contribution is -2.10. The Labute approximate surface area is 220 Å². The molecule has 5 heteroatoms. The lowest BCUT2D eigenvalue weighted by Gasteiger charge is -2.24. The van der Waals surface area contributed by atoms with Crippen molar-refractivity contribution in [2.24, 2.45) is 0 Å². The molecule has 0 atom stereocenters. The zero-order valence-electron chi connectivity index (χ0n) is 22.5. The van der Waals surface area contributed by atoms with Crippen molar-refractivity contribution >= 4 is 11.5 Å². The Morgan fingerprint density at radius 1 is 1.22 bits per heavy atom. The summed E-state index contributed by atoms with van der Waals surface area (Å²) in [7, 11) is 1.39. The average Bonchev–Trinajstić information content (AvgIpc) is 3.26. The van der Waals surface area contributed by atoms with Crippen LogP contribution >= 0.6 is 0 Å². The SMILES string of the molecule is C\C=C/C(=C\C=C\C(=O)OC)c1cn(Cc2cccnc2)c2c1CCc1cc(C(C)C)c(OCC)cc1-2. The topological polar surface area (TPSA) is 53.4 Å². The van der Waals surface area contributed by atoms with Gasteiger partial charge in [-0.15, -0.1) is 0 Å². The van der Waals surface area contributed by atoms with Crippen molar-refractivity contribution in [1.82, 2.24) is 9.55 Å². The molecular formula is C32H36N2O3. The Morgan fingerprint density at radius 3 is 2.73 bits per heavy atom. The number of esters is 1. The minimum absolute atomic E-state index is 0.370. The van der Waals surface area contributed by atoms with Crippen LogP contribution in [0.15, 0.2) is 73.2 Å². The van der Waals surface area contributed by atoms with E-state index in [1.807, 2.05) is 38.3 Å². The monoisotopic (exact) mass is 496 g/mol. The lowest BCUT2D eigenvalue weighted by molar-refractivity contribution is -0.134. The maximum Gasteiger partial charge on any atom is 0.330 e. The number of carbonyl (C=O) groups is 1. The van der Waals surface area contributed by atoms with Crippen molar-refractivity contribution < 1.29 is 14.3 Å². The van der Waals surface area contributed by atoms with Gasteiger partial charge in [0.25, 0.3) is 0 Å². The number of benzene rings is 1. The number of rotatable bonds is 9. The van der Waals surface area contributed by atoms with Gasteiger partial charge in [0.15, 0.2) is 0 Å². The van der Waals surface area contributed by atoms with Gasteiger partial charge in [-0.2, -0.15) is 0 Å². The van der Waals surface area contributed by atoms with Crippen molar-refractivity contribution in [2.45, 2.75) is 53.0 Å². The van der Waals surface area contributed by atoms with E-state index in [0.29, 0.717) is 19.1 Å². The van der Waals surface area contributed by atoms with E-state index >= 15 is 0 Å². The zero-order chi connectivity index (χ0) is 26.4. The van der Waals surface area contributed by atoms with Gasteiger partial charge in [-0.05, 0) is 72.6 Å². The van der Waals surface area contributed by atoms with Crippen LogP contribution in [0.4, 0.5) is 0 Å². The Morgan fingerprint density at radius 2 is 2.05 bits per heavy atom. The van der Waals surface area contributed by atoms with Gasteiger partial charge >= 0.3 is 5.97 Å². The first kappa shape index (κ1) is 26.2. The maximum atomic E-state index is 11.6. The van der Waals surface area contributed by atoms with E-state index in [0.717, 1.165) is 29.7 Å². The summed E-state index contributed by atoms with van der Waals surface area (Å²) in [5, 5.41) is 0. The van der Waals surface area contributed by atoms with Gasteiger partial charge in [-0.1, -0.05) is 50.3 Å². The lowest BCUT2D eigenvalue weighted by atomic mass is 9.84. The normalized spacial score (nSPS) is 13.3. The number of allylic oxidation sites excluding steroid dienone is 5. The smallest absolute Gasteiger partial charge is 0.330 e. The van der Waals surface area contributed by atoms with Gasteiger partial charge in [0.2, 0.25) is 0 Å². The molecule has 1 aromatic carbocycles. The standard InChI is InChI=1S/C32H36N2O3/c1-6-10-24(12-8-13-31(35)36-5)29-21-34(20-23-11-9-16-33-19-23)32-26(29)15-14-25-17-27(22(3)4)30(37-7-2)18-28(25)32/h6,8-13,16-19,21-22H,7,14-15,20H2,1-5H3/b10-6-,13-8+,24-12+. The molecule has 1 aliphatic carbocycles. The number of aryl methyl sites for hydroxylation is 1. The molecule has 5 nitrogen and oxygen atoms in total. The second-order valence-electron chi connectivity index (χ2n) is 9.50. The second-order valence-corrected chi connectivity index (χ2v) is 9.50. The van der Waals surface area contributed by atoms with Crippen LogP contribution in [0.5, 0.6) is 5.75 Å². The second kappa shape index (κ2) is 11.9. The summed E-state index contributed by atoms with van der Waals surface area (Å²) in [6, 6.07) is 8.67. The molecule has 1 aliphatic rings. The Hall–Kier alpha value is -3.86. The fourth-order valence-corrected chi connectivity index (χ4v) is 5.01. The largest absolute Gasteiger partial charge is 0.494 e. The van der Waals surface area contributed by atoms with Crippen LogP contribution in [0.1, 0.15) is 61.4 Å². The number of fused-ring (bicyclic) bond motifs is 3. The molecule has 0 aliphatic heterocycles. The van der Waals surface area contributed by atoms with E-state index in [9.17, 15) is 4.79 Å². The molecule has 0 fully saturated rings.